The predicted octanol–water partition coefficient (Wildman–Crippen LogP) is 1.60. The minimum Gasteiger partial charge on any atom is -0.314 e. The van der Waals surface area contributed by atoms with Gasteiger partial charge in [-0.15, -0.1) is 12.4 Å². The molecule has 3 rings (SSSR count). The first-order valence-electron chi connectivity index (χ1n) is 8.15. The van der Waals surface area contributed by atoms with E-state index in [0.29, 0.717) is 32.2 Å². The highest BCUT2D eigenvalue weighted by Gasteiger charge is 2.33. The summed E-state index contributed by atoms with van der Waals surface area (Å²) in [6.07, 6.45) is 7.85. The van der Waals surface area contributed by atoms with E-state index in [2.05, 4.69) is 5.32 Å². The quantitative estimate of drug-likeness (QED) is 0.829. The van der Waals surface area contributed by atoms with Crippen LogP contribution in [0.15, 0.2) is 0 Å². The summed E-state index contributed by atoms with van der Waals surface area (Å²) in [5, 5.41) is 3.60. The number of piperidine rings is 2. The smallest absolute Gasteiger partial charge is 0.281 e. The third-order valence-corrected chi connectivity index (χ3v) is 6.85. The molecule has 0 atom stereocenters. The van der Waals surface area contributed by atoms with Crippen molar-refractivity contribution in [3.63, 3.8) is 0 Å². The van der Waals surface area contributed by atoms with E-state index in [9.17, 15) is 8.42 Å². The Labute approximate surface area is 135 Å². The highest BCUT2D eigenvalue weighted by atomic mass is 35.5. The Morgan fingerprint density at radius 2 is 1.43 bits per heavy atom. The molecule has 3 aliphatic rings. The van der Waals surface area contributed by atoms with E-state index in [4.69, 9.17) is 0 Å². The van der Waals surface area contributed by atoms with Crippen LogP contribution in [0.3, 0.4) is 0 Å². The van der Waals surface area contributed by atoms with Crippen LogP contribution in [0.5, 0.6) is 0 Å². The Kier molecular flexibility index (Phi) is 6.32. The standard InChI is InChI=1S/C14H27N3O2S.ClH/c18-20(19,16-8-2-1-3-9-16)17-10-6-14(7-11-17)15-12-13-4-5-13;/h13-15H,1-12H2;1H. The average Bonchev–Trinajstić information content (AvgIpc) is 3.31. The van der Waals surface area contributed by atoms with E-state index in [-0.39, 0.29) is 12.4 Å². The normalized spacial score (nSPS) is 26.5. The van der Waals surface area contributed by atoms with Gasteiger partial charge in [-0.2, -0.15) is 17.0 Å². The van der Waals surface area contributed by atoms with Gasteiger partial charge in [0.2, 0.25) is 0 Å². The highest BCUT2D eigenvalue weighted by molar-refractivity contribution is 7.86. The zero-order valence-corrected chi connectivity index (χ0v) is 14.3. The first-order chi connectivity index (χ1) is 9.66. The van der Waals surface area contributed by atoms with Crippen molar-refractivity contribution in [1.29, 1.82) is 0 Å². The van der Waals surface area contributed by atoms with E-state index in [1.807, 2.05) is 0 Å². The van der Waals surface area contributed by atoms with Crippen LogP contribution < -0.4 is 5.32 Å². The van der Waals surface area contributed by atoms with Gasteiger partial charge in [0.15, 0.2) is 0 Å². The summed E-state index contributed by atoms with van der Waals surface area (Å²) in [6, 6.07) is 0.517. The van der Waals surface area contributed by atoms with E-state index in [1.165, 1.54) is 19.3 Å². The minimum atomic E-state index is -3.19. The predicted molar refractivity (Wildman–Crippen MR) is 86.9 cm³/mol. The molecule has 3 fully saturated rings. The lowest BCUT2D eigenvalue weighted by Crippen LogP contribution is -2.51. The molecule has 2 heterocycles. The molecule has 2 saturated heterocycles. The Bertz CT molecular complexity index is 414. The maximum absolute atomic E-state index is 12.6. The van der Waals surface area contributed by atoms with Gasteiger partial charge >= 0.3 is 0 Å². The van der Waals surface area contributed by atoms with Crippen molar-refractivity contribution in [2.45, 2.75) is 51.0 Å². The van der Waals surface area contributed by atoms with Crippen LogP contribution in [0.25, 0.3) is 0 Å². The van der Waals surface area contributed by atoms with E-state index >= 15 is 0 Å². The van der Waals surface area contributed by atoms with Crippen molar-refractivity contribution in [1.82, 2.24) is 13.9 Å². The number of hydrogen-bond donors (Lipinski definition) is 1. The number of nitrogens with zero attached hydrogens (tertiary/aromatic N) is 2. The van der Waals surface area contributed by atoms with Crippen molar-refractivity contribution in [2.24, 2.45) is 5.92 Å². The lowest BCUT2D eigenvalue weighted by molar-refractivity contribution is 0.255. The molecular formula is C14H28ClN3O2S. The SMILES string of the molecule is Cl.O=S(=O)(N1CCCCC1)N1CCC(NCC2CC2)CC1. The first kappa shape index (κ1) is 17.5. The Balaban J connectivity index is 0.00000161. The third-order valence-electron chi connectivity index (χ3n) is 4.81. The summed E-state index contributed by atoms with van der Waals surface area (Å²) in [5.41, 5.74) is 0. The molecule has 1 N–H and O–H groups in total. The first-order valence-corrected chi connectivity index (χ1v) is 9.54. The number of rotatable bonds is 5. The fourth-order valence-electron chi connectivity index (χ4n) is 3.20. The summed E-state index contributed by atoms with van der Waals surface area (Å²) in [7, 11) is -3.19. The molecule has 0 spiro atoms. The maximum Gasteiger partial charge on any atom is 0.281 e. The molecule has 1 saturated carbocycles. The van der Waals surface area contributed by atoms with Gasteiger partial charge < -0.3 is 5.32 Å². The van der Waals surface area contributed by atoms with Crippen LogP contribution in [0.2, 0.25) is 0 Å². The zero-order chi connectivity index (χ0) is 14.0. The molecule has 0 aromatic carbocycles. The Morgan fingerprint density at radius 1 is 0.857 bits per heavy atom. The van der Waals surface area contributed by atoms with Crippen molar-refractivity contribution >= 4 is 22.6 Å². The van der Waals surface area contributed by atoms with Crippen molar-refractivity contribution in [3.05, 3.63) is 0 Å². The Hall–Kier alpha value is 0.120. The van der Waals surface area contributed by atoms with Crippen molar-refractivity contribution in [3.8, 4) is 0 Å². The lowest BCUT2D eigenvalue weighted by atomic mass is 10.1. The molecule has 0 aromatic rings. The van der Waals surface area contributed by atoms with Gasteiger partial charge in [0, 0.05) is 32.2 Å². The molecule has 2 aliphatic heterocycles. The molecule has 21 heavy (non-hydrogen) atoms. The van der Waals surface area contributed by atoms with Gasteiger partial charge in [0.1, 0.15) is 0 Å². The average molecular weight is 338 g/mol. The van der Waals surface area contributed by atoms with Crippen molar-refractivity contribution < 1.29 is 8.42 Å². The monoisotopic (exact) mass is 337 g/mol. The zero-order valence-electron chi connectivity index (χ0n) is 12.7. The van der Waals surface area contributed by atoms with Crippen LogP contribution in [-0.4, -0.2) is 55.8 Å². The molecule has 124 valence electrons. The number of hydrogen-bond acceptors (Lipinski definition) is 3. The molecule has 0 aromatic heterocycles. The van der Waals surface area contributed by atoms with Crippen LogP contribution in [0.4, 0.5) is 0 Å². The summed E-state index contributed by atoms with van der Waals surface area (Å²) >= 11 is 0. The van der Waals surface area contributed by atoms with Crippen LogP contribution in [0.1, 0.15) is 44.9 Å². The summed E-state index contributed by atoms with van der Waals surface area (Å²) in [6.45, 7) is 3.91. The van der Waals surface area contributed by atoms with Gasteiger partial charge in [0.25, 0.3) is 10.2 Å². The van der Waals surface area contributed by atoms with Gasteiger partial charge in [0.05, 0.1) is 0 Å². The van der Waals surface area contributed by atoms with E-state index in [1.54, 1.807) is 8.61 Å². The number of nitrogens with one attached hydrogen (secondary N) is 1. The molecule has 5 nitrogen and oxygen atoms in total. The third kappa shape index (κ3) is 4.55. The van der Waals surface area contributed by atoms with Crippen LogP contribution in [0, 0.1) is 5.92 Å². The van der Waals surface area contributed by atoms with Crippen molar-refractivity contribution in [2.75, 3.05) is 32.7 Å². The number of halogens is 1. The summed E-state index contributed by atoms with van der Waals surface area (Å²) in [4.78, 5) is 0. The lowest BCUT2D eigenvalue weighted by Gasteiger charge is -2.36. The Morgan fingerprint density at radius 3 is 2.00 bits per heavy atom. The molecule has 0 amide bonds. The second kappa shape index (κ2) is 7.59. The molecule has 0 unspecified atom stereocenters. The van der Waals surface area contributed by atoms with E-state index in [0.717, 1.165) is 38.1 Å². The molecule has 1 aliphatic carbocycles. The van der Waals surface area contributed by atoms with Gasteiger partial charge in [-0.05, 0) is 51.0 Å². The molecule has 7 heteroatoms. The minimum absolute atomic E-state index is 0. The van der Waals surface area contributed by atoms with Crippen LogP contribution in [-0.2, 0) is 10.2 Å². The van der Waals surface area contributed by atoms with Gasteiger partial charge in [-0.25, -0.2) is 0 Å². The second-order valence-corrected chi connectivity index (χ2v) is 8.42. The molecular weight excluding hydrogens is 310 g/mol. The highest BCUT2D eigenvalue weighted by Crippen LogP contribution is 2.28. The fourth-order valence-corrected chi connectivity index (χ4v) is 4.92. The van der Waals surface area contributed by atoms with E-state index < -0.39 is 10.2 Å². The second-order valence-electron chi connectivity index (χ2n) is 6.49. The van der Waals surface area contributed by atoms with Gasteiger partial charge in [-0.3, -0.25) is 0 Å². The molecule has 0 radical (unpaired) electrons. The van der Waals surface area contributed by atoms with Gasteiger partial charge in [-0.1, -0.05) is 6.42 Å². The maximum atomic E-state index is 12.6. The topological polar surface area (TPSA) is 52.7 Å². The summed E-state index contributed by atoms with van der Waals surface area (Å²) in [5.74, 6) is 0.894. The fraction of sp³-hybridized carbons (Fsp3) is 1.00. The molecule has 0 bridgehead atoms. The largest absolute Gasteiger partial charge is 0.314 e. The van der Waals surface area contributed by atoms with Crippen LogP contribution >= 0.6 is 12.4 Å². The summed E-state index contributed by atoms with van der Waals surface area (Å²) < 4.78 is 28.5.